The van der Waals surface area contributed by atoms with Gasteiger partial charge < -0.3 is 23.7 Å². The van der Waals surface area contributed by atoms with Crippen molar-refractivity contribution >= 4 is 0 Å². The molecule has 2 aromatic rings. The van der Waals surface area contributed by atoms with Gasteiger partial charge in [0.05, 0.1) is 34.0 Å². The first-order valence-electron chi connectivity index (χ1n) is 11.7. The molecule has 186 valence electrons. The van der Waals surface area contributed by atoms with Gasteiger partial charge in [-0.2, -0.15) is 0 Å². The van der Waals surface area contributed by atoms with Gasteiger partial charge in [0.15, 0.2) is 17.1 Å². The van der Waals surface area contributed by atoms with Crippen molar-refractivity contribution in [3.8, 4) is 11.5 Å². The van der Waals surface area contributed by atoms with Crippen LogP contribution in [0.15, 0.2) is 59.1 Å². The van der Waals surface area contributed by atoms with E-state index in [0.29, 0.717) is 35.7 Å². The van der Waals surface area contributed by atoms with E-state index in [0.717, 1.165) is 56.5 Å². The van der Waals surface area contributed by atoms with E-state index in [2.05, 4.69) is 29.0 Å². The Hall–Kier alpha value is -2.58. The van der Waals surface area contributed by atoms with Crippen LogP contribution in [0.3, 0.4) is 0 Å². The first-order chi connectivity index (χ1) is 16.3. The predicted molar refractivity (Wildman–Crippen MR) is 133 cm³/mol. The molecule has 0 saturated carbocycles. The Balaban J connectivity index is 1.82. The first kappa shape index (κ1) is 26.0. The molecule has 0 amide bonds. The van der Waals surface area contributed by atoms with E-state index < -0.39 is 5.60 Å². The molecule has 0 aliphatic carbocycles. The lowest BCUT2D eigenvalue weighted by atomic mass is 9.87. The molecular weight excluding hydrogens is 432 g/mol. The van der Waals surface area contributed by atoms with Gasteiger partial charge in [0.25, 0.3) is 0 Å². The Morgan fingerprint density at radius 3 is 2.38 bits per heavy atom. The van der Waals surface area contributed by atoms with Crippen LogP contribution in [0.1, 0.15) is 30.9 Å². The van der Waals surface area contributed by atoms with Crippen molar-refractivity contribution in [2.75, 3.05) is 53.6 Å². The van der Waals surface area contributed by atoms with Crippen LogP contribution in [0.4, 0.5) is 0 Å². The summed E-state index contributed by atoms with van der Waals surface area (Å²) in [6.07, 6.45) is 0. The number of furan rings is 1. The average molecular weight is 471 g/mol. The second kappa shape index (κ2) is 11.7. The summed E-state index contributed by atoms with van der Waals surface area (Å²) in [7, 11) is 3.31. The van der Waals surface area contributed by atoms with Crippen molar-refractivity contribution in [3.63, 3.8) is 0 Å². The van der Waals surface area contributed by atoms with Gasteiger partial charge in [0, 0.05) is 38.3 Å². The van der Waals surface area contributed by atoms with Crippen LogP contribution in [0.2, 0.25) is 0 Å². The van der Waals surface area contributed by atoms with E-state index in [1.165, 1.54) is 0 Å². The lowest BCUT2D eigenvalue weighted by Crippen LogP contribution is -2.41. The highest BCUT2D eigenvalue weighted by molar-refractivity contribution is 5.46. The lowest BCUT2D eigenvalue weighted by molar-refractivity contribution is 0.0319. The molecule has 0 unspecified atom stereocenters. The zero-order chi connectivity index (χ0) is 24.7. The smallest absolute Gasteiger partial charge is 0.165 e. The second-order valence-corrected chi connectivity index (χ2v) is 8.85. The quantitative estimate of drug-likeness (QED) is 0.471. The van der Waals surface area contributed by atoms with Gasteiger partial charge in [-0.3, -0.25) is 9.80 Å². The number of benzene rings is 1. The highest BCUT2D eigenvalue weighted by Crippen LogP contribution is 2.36. The zero-order valence-corrected chi connectivity index (χ0v) is 20.9. The van der Waals surface area contributed by atoms with Crippen molar-refractivity contribution in [1.82, 2.24) is 9.80 Å². The number of hydrogen-bond acceptors (Lipinski definition) is 7. The van der Waals surface area contributed by atoms with Gasteiger partial charge in [0.1, 0.15) is 11.5 Å². The Labute approximate surface area is 203 Å². The topological polar surface area (TPSA) is 67.5 Å². The molecule has 1 N–H and O–H groups in total. The zero-order valence-electron chi connectivity index (χ0n) is 20.9. The van der Waals surface area contributed by atoms with E-state index in [4.69, 9.17) is 18.6 Å². The molecule has 7 nitrogen and oxygen atoms in total. The monoisotopic (exact) mass is 470 g/mol. The molecule has 0 bridgehead atoms. The molecule has 1 aliphatic rings. The van der Waals surface area contributed by atoms with Crippen LogP contribution in [-0.4, -0.2) is 68.5 Å². The summed E-state index contributed by atoms with van der Waals surface area (Å²) in [4.78, 5) is 4.73. The second-order valence-electron chi connectivity index (χ2n) is 8.85. The summed E-state index contributed by atoms with van der Waals surface area (Å²) in [5.41, 5.74) is 0.806. The minimum atomic E-state index is -1.38. The Kier molecular flexibility index (Phi) is 8.97. The van der Waals surface area contributed by atoms with Gasteiger partial charge in [-0.15, -0.1) is 0 Å². The molecule has 7 heteroatoms. The fraction of sp³-hybridized carbons (Fsp3) is 0.481. The molecule has 1 aromatic carbocycles. The number of rotatable bonds is 12. The number of methoxy groups -OCH3 is 2. The molecule has 34 heavy (non-hydrogen) atoms. The van der Waals surface area contributed by atoms with Crippen molar-refractivity contribution in [2.24, 2.45) is 0 Å². The summed E-state index contributed by atoms with van der Waals surface area (Å²) in [5.74, 6) is 2.65. The normalized spacial score (nSPS) is 14.9. The third-order valence-electron chi connectivity index (χ3n) is 6.35. The minimum Gasteiger partial charge on any atom is -0.493 e. The maximum Gasteiger partial charge on any atom is 0.165 e. The molecule has 1 fully saturated rings. The van der Waals surface area contributed by atoms with E-state index in [1.807, 2.05) is 24.3 Å². The van der Waals surface area contributed by atoms with Crippen molar-refractivity contribution in [1.29, 1.82) is 0 Å². The fourth-order valence-corrected chi connectivity index (χ4v) is 4.30. The molecule has 1 saturated heterocycles. The molecule has 1 aliphatic heterocycles. The molecule has 0 atom stereocenters. The number of nitrogens with zero attached hydrogens (tertiary/aromatic N) is 2. The number of aliphatic hydroxyl groups is 1. The fourth-order valence-electron chi connectivity index (χ4n) is 4.30. The largest absolute Gasteiger partial charge is 0.493 e. The van der Waals surface area contributed by atoms with Crippen molar-refractivity contribution in [3.05, 3.63) is 71.7 Å². The predicted octanol–water partition coefficient (Wildman–Crippen LogP) is 3.97. The van der Waals surface area contributed by atoms with Crippen molar-refractivity contribution < 1.29 is 23.7 Å². The molecule has 0 radical (unpaired) electrons. The van der Waals surface area contributed by atoms with Crippen LogP contribution in [0.25, 0.3) is 0 Å². The number of para-hydroxylation sites is 1. The third kappa shape index (κ3) is 5.91. The molecule has 3 rings (SSSR count). The van der Waals surface area contributed by atoms with Gasteiger partial charge in [-0.1, -0.05) is 25.3 Å². The van der Waals surface area contributed by atoms with E-state index >= 15 is 0 Å². The van der Waals surface area contributed by atoms with Crippen molar-refractivity contribution in [2.45, 2.75) is 32.5 Å². The van der Waals surface area contributed by atoms with E-state index in [1.54, 1.807) is 28.1 Å². The molecule has 1 aromatic heterocycles. The standard InChI is InChI=1S/C27H38N2O5/c1-20(2)27(30,21(3)4)25-11-10-23(34-25)19-29(13-12-28-14-16-33-17-15-28)18-22-8-7-9-24(31-5)26(22)32-6/h7-11,30H,1,3,12-19H2,2,4-6H3. The SMILES string of the molecule is C=C(C)C(O)(C(=C)C)c1ccc(CN(CCN2CCOCC2)Cc2cccc(OC)c2OC)o1. The Morgan fingerprint density at radius 2 is 1.76 bits per heavy atom. The molecular formula is C27H38N2O5. The number of ether oxygens (including phenoxy) is 3. The van der Waals surface area contributed by atoms with Crippen LogP contribution in [0.5, 0.6) is 11.5 Å². The summed E-state index contributed by atoms with van der Waals surface area (Å²) in [6, 6.07) is 9.65. The van der Waals surface area contributed by atoms with Gasteiger partial charge >= 0.3 is 0 Å². The van der Waals surface area contributed by atoms with Gasteiger partial charge in [-0.05, 0) is 43.2 Å². The summed E-state index contributed by atoms with van der Waals surface area (Å²) < 4.78 is 22.8. The maximum atomic E-state index is 11.2. The van der Waals surface area contributed by atoms with E-state index in [9.17, 15) is 5.11 Å². The lowest BCUT2D eigenvalue weighted by Gasteiger charge is -2.30. The highest BCUT2D eigenvalue weighted by Gasteiger charge is 2.35. The summed E-state index contributed by atoms with van der Waals surface area (Å²) in [5, 5.41) is 11.2. The van der Waals surface area contributed by atoms with Crippen LogP contribution in [-0.2, 0) is 23.4 Å². The van der Waals surface area contributed by atoms with E-state index in [-0.39, 0.29) is 0 Å². The summed E-state index contributed by atoms with van der Waals surface area (Å²) in [6.45, 7) is 17.8. The maximum absolute atomic E-state index is 11.2. The number of hydrogen-bond donors (Lipinski definition) is 1. The summed E-state index contributed by atoms with van der Waals surface area (Å²) >= 11 is 0. The molecule has 0 spiro atoms. The van der Waals surface area contributed by atoms with Crippen LogP contribution in [0, 0.1) is 0 Å². The Morgan fingerprint density at radius 1 is 1.06 bits per heavy atom. The first-order valence-corrected chi connectivity index (χ1v) is 11.7. The third-order valence-corrected chi connectivity index (χ3v) is 6.35. The number of morpholine rings is 1. The van der Waals surface area contributed by atoms with Crippen LogP contribution < -0.4 is 9.47 Å². The average Bonchev–Trinajstić information content (AvgIpc) is 3.30. The van der Waals surface area contributed by atoms with Gasteiger partial charge in [0.2, 0.25) is 0 Å². The highest BCUT2D eigenvalue weighted by atomic mass is 16.5. The molecule has 2 heterocycles. The Bertz CT molecular complexity index is 963. The van der Waals surface area contributed by atoms with Crippen LogP contribution >= 0.6 is 0 Å². The minimum absolute atomic E-state index is 0.439. The van der Waals surface area contributed by atoms with Gasteiger partial charge in [-0.25, -0.2) is 0 Å².